The van der Waals surface area contributed by atoms with Gasteiger partial charge in [-0.05, 0) is 42.0 Å². The minimum Gasteiger partial charge on any atom is -0.0985 e. The van der Waals surface area contributed by atoms with Crippen molar-refractivity contribution in [2.45, 2.75) is 19.8 Å². The highest BCUT2D eigenvalue weighted by Crippen LogP contribution is 2.14. The number of hydrogen-bond acceptors (Lipinski definition) is 0. The maximum atomic E-state index is 3.82. The highest BCUT2D eigenvalue weighted by atomic mass is 14.0. The van der Waals surface area contributed by atoms with Crippen LogP contribution in [0.1, 0.15) is 22.3 Å². The summed E-state index contributed by atoms with van der Waals surface area (Å²) in [5, 5.41) is 0. The van der Waals surface area contributed by atoms with Crippen molar-refractivity contribution in [2.75, 3.05) is 0 Å². The van der Waals surface area contributed by atoms with Crippen LogP contribution in [-0.2, 0) is 12.8 Å². The van der Waals surface area contributed by atoms with Crippen LogP contribution in [0, 0.1) is 6.92 Å². The van der Waals surface area contributed by atoms with E-state index in [0.29, 0.717) is 0 Å². The summed E-state index contributed by atoms with van der Waals surface area (Å²) in [6.07, 6.45) is 4.12. The van der Waals surface area contributed by atoms with Crippen molar-refractivity contribution in [3.05, 3.63) is 77.4 Å². The molecule has 0 saturated heterocycles. The molecule has 0 aromatic heterocycles. The largest absolute Gasteiger partial charge is 0.0985 e. The van der Waals surface area contributed by atoms with Crippen molar-refractivity contribution < 1.29 is 0 Å². The Morgan fingerprint density at radius 2 is 1.65 bits per heavy atom. The molecule has 0 amide bonds. The highest BCUT2D eigenvalue weighted by molar-refractivity contribution is 5.52. The van der Waals surface area contributed by atoms with Crippen molar-refractivity contribution in [1.29, 1.82) is 0 Å². The van der Waals surface area contributed by atoms with Crippen LogP contribution in [0.25, 0.3) is 6.08 Å². The fourth-order valence-electron chi connectivity index (χ4n) is 2.06. The number of rotatable bonds is 4. The zero-order valence-corrected chi connectivity index (χ0v) is 10.3. The van der Waals surface area contributed by atoms with Gasteiger partial charge in [0.05, 0.1) is 0 Å². The Morgan fingerprint density at radius 1 is 0.941 bits per heavy atom. The quantitative estimate of drug-likeness (QED) is 0.718. The van der Waals surface area contributed by atoms with Gasteiger partial charge in [0.15, 0.2) is 0 Å². The van der Waals surface area contributed by atoms with Gasteiger partial charge in [0.1, 0.15) is 0 Å². The molecule has 0 heteroatoms. The molecule has 17 heavy (non-hydrogen) atoms. The lowest BCUT2D eigenvalue weighted by Gasteiger charge is -2.05. The first-order chi connectivity index (χ1) is 8.29. The number of aryl methyl sites for hydroxylation is 3. The molecule has 0 bridgehead atoms. The average Bonchev–Trinajstić information content (AvgIpc) is 2.38. The molecule has 86 valence electrons. The predicted octanol–water partition coefficient (Wildman–Crippen LogP) is 4.42. The molecule has 2 aromatic rings. The molecule has 0 atom stereocenters. The van der Waals surface area contributed by atoms with Crippen LogP contribution in [-0.4, -0.2) is 0 Å². The molecule has 0 radical (unpaired) electrons. The molecular weight excluding hydrogens is 204 g/mol. The Hall–Kier alpha value is -1.82. The minimum atomic E-state index is 1.10. The summed E-state index contributed by atoms with van der Waals surface area (Å²) >= 11 is 0. The summed E-state index contributed by atoms with van der Waals surface area (Å²) in [4.78, 5) is 0. The first kappa shape index (κ1) is 11.7. The van der Waals surface area contributed by atoms with Crippen molar-refractivity contribution in [2.24, 2.45) is 0 Å². The zero-order chi connectivity index (χ0) is 12.1. The Kier molecular flexibility index (Phi) is 3.77. The summed E-state index contributed by atoms with van der Waals surface area (Å²) in [6, 6.07) is 17.3. The minimum absolute atomic E-state index is 1.10. The van der Waals surface area contributed by atoms with Crippen LogP contribution >= 0.6 is 0 Å². The summed E-state index contributed by atoms with van der Waals surface area (Å²) in [7, 11) is 0. The van der Waals surface area contributed by atoms with Gasteiger partial charge < -0.3 is 0 Å². The summed E-state index contributed by atoms with van der Waals surface area (Å²) in [5.41, 5.74) is 5.34. The fraction of sp³-hybridized carbons (Fsp3) is 0.176. The molecule has 2 aromatic carbocycles. The van der Waals surface area contributed by atoms with Crippen LogP contribution < -0.4 is 0 Å². The Labute approximate surface area is 104 Å². The van der Waals surface area contributed by atoms with E-state index in [1.54, 1.807) is 0 Å². The third-order valence-electron chi connectivity index (χ3n) is 3.10. The van der Waals surface area contributed by atoms with E-state index in [4.69, 9.17) is 0 Å². The summed E-state index contributed by atoms with van der Waals surface area (Å²) < 4.78 is 0. The van der Waals surface area contributed by atoms with E-state index >= 15 is 0 Å². The Morgan fingerprint density at radius 3 is 2.29 bits per heavy atom. The van der Waals surface area contributed by atoms with Crippen LogP contribution in [0.15, 0.2) is 55.1 Å². The molecule has 0 saturated carbocycles. The van der Waals surface area contributed by atoms with Crippen LogP contribution in [0.4, 0.5) is 0 Å². The lowest BCUT2D eigenvalue weighted by molar-refractivity contribution is 0.958. The van der Waals surface area contributed by atoms with E-state index < -0.39 is 0 Å². The normalized spacial score (nSPS) is 10.2. The molecule has 0 aliphatic carbocycles. The van der Waals surface area contributed by atoms with Gasteiger partial charge in [-0.3, -0.25) is 0 Å². The van der Waals surface area contributed by atoms with Crippen molar-refractivity contribution in [3.8, 4) is 0 Å². The van der Waals surface area contributed by atoms with E-state index in [0.717, 1.165) is 12.8 Å². The first-order valence-corrected chi connectivity index (χ1v) is 6.05. The molecule has 0 spiro atoms. The van der Waals surface area contributed by atoms with E-state index in [9.17, 15) is 0 Å². The van der Waals surface area contributed by atoms with Gasteiger partial charge in [0.25, 0.3) is 0 Å². The van der Waals surface area contributed by atoms with Crippen molar-refractivity contribution >= 4 is 6.08 Å². The predicted molar refractivity (Wildman–Crippen MR) is 75.1 cm³/mol. The van der Waals surface area contributed by atoms with Crippen molar-refractivity contribution in [1.82, 2.24) is 0 Å². The summed E-state index contributed by atoms with van der Waals surface area (Å²) in [5.74, 6) is 0. The van der Waals surface area contributed by atoms with Crippen LogP contribution in [0.2, 0.25) is 0 Å². The SMILES string of the molecule is C=Cc1ccc(CCc2ccccc2)cc1C. The van der Waals surface area contributed by atoms with Gasteiger partial charge in [-0.2, -0.15) is 0 Å². The second-order valence-corrected chi connectivity index (χ2v) is 4.38. The second kappa shape index (κ2) is 5.49. The molecule has 0 aliphatic heterocycles. The lowest BCUT2D eigenvalue weighted by Crippen LogP contribution is -1.92. The fourth-order valence-corrected chi connectivity index (χ4v) is 2.06. The lowest BCUT2D eigenvalue weighted by atomic mass is 10.00. The van der Waals surface area contributed by atoms with Crippen molar-refractivity contribution in [3.63, 3.8) is 0 Å². The smallest absolute Gasteiger partial charge is 0.0233 e. The van der Waals surface area contributed by atoms with E-state index in [1.807, 2.05) is 6.08 Å². The Balaban J connectivity index is 2.05. The molecule has 0 N–H and O–H groups in total. The zero-order valence-electron chi connectivity index (χ0n) is 10.3. The standard InChI is InChI=1S/C17H18/c1-3-17-12-11-16(13-14(17)2)10-9-15-7-5-4-6-8-15/h3-8,11-13H,1,9-10H2,2H3. The molecule has 0 fully saturated rings. The molecule has 2 rings (SSSR count). The van der Waals surface area contributed by atoms with Gasteiger partial charge in [-0.25, -0.2) is 0 Å². The van der Waals surface area contributed by atoms with Gasteiger partial charge in [-0.15, -0.1) is 0 Å². The molecule has 0 nitrogen and oxygen atoms in total. The summed E-state index contributed by atoms with van der Waals surface area (Å²) in [6.45, 7) is 5.96. The number of hydrogen-bond donors (Lipinski definition) is 0. The van der Waals surface area contributed by atoms with Gasteiger partial charge in [-0.1, -0.05) is 61.2 Å². The monoisotopic (exact) mass is 222 g/mol. The molecule has 0 heterocycles. The first-order valence-electron chi connectivity index (χ1n) is 6.05. The third kappa shape index (κ3) is 3.07. The van der Waals surface area contributed by atoms with Gasteiger partial charge in [0.2, 0.25) is 0 Å². The third-order valence-corrected chi connectivity index (χ3v) is 3.10. The van der Waals surface area contributed by atoms with Crippen LogP contribution in [0.3, 0.4) is 0 Å². The van der Waals surface area contributed by atoms with Gasteiger partial charge >= 0.3 is 0 Å². The molecular formula is C17H18. The van der Waals surface area contributed by atoms with Gasteiger partial charge in [0, 0.05) is 0 Å². The Bertz CT molecular complexity index is 495. The molecule has 0 aliphatic rings. The van der Waals surface area contributed by atoms with E-state index in [-0.39, 0.29) is 0 Å². The maximum Gasteiger partial charge on any atom is -0.0233 e. The maximum absolute atomic E-state index is 3.82. The van der Waals surface area contributed by atoms with E-state index in [2.05, 4.69) is 62.0 Å². The van der Waals surface area contributed by atoms with E-state index in [1.165, 1.54) is 22.3 Å². The second-order valence-electron chi connectivity index (χ2n) is 4.38. The topological polar surface area (TPSA) is 0 Å². The average molecular weight is 222 g/mol. The van der Waals surface area contributed by atoms with Crippen LogP contribution in [0.5, 0.6) is 0 Å². The number of benzene rings is 2. The molecule has 0 unspecified atom stereocenters. The highest BCUT2D eigenvalue weighted by Gasteiger charge is 1.98.